The minimum Gasteiger partial charge on any atom is -0.306 e. The topological polar surface area (TPSA) is 12.0 Å². The number of halogens is 3. The highest BCUT2D eigenvalue weighted by Gasteiger charge is 2.18. The molecule has 5 heteroatoms. The Kier molecular flexibility index (Phi) is 5.39. The van der Waals surface area contributed by atoms with Crippen LogP contribution in [0, 0.1) is 5.82 Å². The van der Waals surface area contributed by atoms with Crippen molar-refractivity contribution in [3.63, 3.8) is 0 Å². The zero-order valence-corrected chi connectivity index (χ0v) is 13.6. The lowest BCUT2D eigenvalue weighted by Gasteiger charge is -2.18. The van der Waals surface area contributed by atoms with Crippen LogP contribution in [-0.2, 0) is 0 Å². The third-order valence-corrected chi connectivity index (χ3v) is 4.85. The molecule has 1 N–H and O–H groups in total. The summed E-state index contributed by atoms with van der Waals surface area (Å²) in [4.78, 5) is 1.02. The van der Waals surface area contributed by atoms with E-state index in [-0.39, 0.29) is 11.9 Å². The summed E-state index contributed by atoms with van der Waals surface area (Å²) in [6, 6.07) is 7.00. The van der Waals surface area contributed by atoms with Crippen molar-refractivity contribution in [3.05, 3.63) is 55.4 Å². The van der Waals surface area contributed by atoms with Crippen molar-refractivity contribution in [2.75, 3.05) is 6.54 Å². The molecule has 0 aliphatic rings. The van der Waals surface area contributed by atoms with Crippen LogP contribution in [0.5, 0.6) is 0 Å². The van der Waals surface area contributed by atoms with Crippen molar-refractivity contribution in [1.29, 1.82) is 0 Å². The fraction of sp³-hybridized carbons (Fsp3) is 0.286. The van der Waals surface area contributed by atoms with Gasteiger partial charge in [0.05, 0.1) is 15.5 Å². The normalized spacial score (nSPS) is 12.6. The Hall–Kier alpha value is -0.420. The van der Waals surface area contributed by atoms with Gasteiger partial charge in [-0.1, -0.05) is 24.6 Å². The second kappa shape index (κ2) is 6.84. The summed E-state index contributed by atoms with van der Waals surface area (Å²) in [7, 11) is 0. The van der Waals surface area contributed by atoms with Crippen molar-refractivity contribution in [1.82, 2.24) is 5.32 Å². The molecule has 0 amide bonds. The second-order valence-electron chi connectivity index (χ2n) is 4.19. The molecule has 1 nitrogen and oxygen atoms in total. The fourth-order valence-electron chi connectivity index (χ4n) is 1.85. The number of hydrogen-bond donors (Lipinski definition) is 1. The Morgan fingerprint density at radius 3 is 2.79 bits per heavy atom. The van der Waals surface area contributed by atoms with Gasteiger partial charge >= 0.3 is 0 Å². The van der Waals surface area contributed by atoms with Gasteiger partial charge in [0.15, 0.2) is 0 Å². The predicted molar refractivity (Wildman–Crippen MR) is 83.6 cm³/mol. The van der Waals surface area contributed by atoms with E-state index >= 15 is 0 Å². The van der Waals surface area contributed by atoms with Gasteiger partial charge in [-0.3, -0.25) is 0 Å². The van der Waals surface area contributed by atoms with E-state index in [0.29, 0.717) is 4.47 Å². The Labute approximate surface area is 129 Å². The molecule has 1 aromatic carbocycles. The molecule has 0 radical (unpaired) electrons. The van der Waals surface area contributed by atoms with E-state index < -0.39 is 0 Å². The van der Waals surface area contributed by atoms with Crippen LogP contribution in [0.15, 0.2) is 34.1 Å². The summed E-state index contributed by atoms with van der Waals surface area (Å²) in [6.07, 6.45) is 1.01. The molecule has 0 aliphatic heterocycles. The lowest BCUT2D eigenvalue weighted by atomic mass is 10.0. The van der Waals surface area contributed by atoms with Gasteiger partial charge in [-0.15, -0.1) is 11.3 Å². The first-order chi connectivity index (χ1) is 9.13. The highest BCUT2D eigenvalue weighted by molar-refractivity contribution is 9.10. The number of thiophene rings is 1. The molecule has 1 heterocycles. The summed E-state index contributed by atoms with van der Waals surface area (Å²) < 4.78 is 14.2. The Morgan fingerprint density at radius 2 is 2.21 bits per heavy atom. The van der Waals surface area contributed by atoms with E-state index in [2.05, 4.69) is 28.2 Å². The number of benzene rings is 1. The van der Waals surface area contributed by atoms with Crippen LogP contribution in [0.3, 0.4) is 0 Å². The molecule has 0 aliphatic carbocycles. The average Bonchev–Trinajstić information content (AvgIpc) is 2.80. The molecular formula is C14H14BrClFNS. The zero-order chi connectivity index (χ0) is 13.8. The maximum atomic E-state index is 13.7. The smallest absolute Gasteiger partial charge is 0.137 e. The minimum absolute atomic E-state index is 0.0601. The standard InChI is InChI=1S/C14H14BrClFNS/c1-2-6-18-13(14-11(16)5-7-19-14)9-3-4-10(15)12(17)8-9/h3-5,7-8,13,18H,2,6H2,1H3. The lowest BCUT2D eigenvalue weighted by Crippen LogP contribution is -2.22. The van der Waals surface area contributed by atoms with Crippen LogP contribution in [0.25, 0.3) is 0 Å². The van der Waals surface area contributed by atoms with Crippen LogP contribution in [0.4, 0.5) is 4.39 Å². The lowest BCUT2D eigenvalue weighted by molar-refractivity contribution is 0.588. The van der Waals surface area contributed by atoms with E-state index in [1.165, 1.54) is 0 Å². The van der Waals surface area contributed by atoms with Crippen molar-refractivity contribution in [2.45, 2.75) is 19.4 Å². The van der Waals surface area contributed by atoms with Crippen LogP contribution >= 0.6 is 38.9 Å². The number of rotatable bonds is 5. The zero-order valence-electron chi connectivity index (χ0n) is 10.4. The Bertz CT molecular complexity index is 558. The molecule has 1 aromatic heterocycles. The van der Waals surface area contributed by atoms with Crippen LogP contribution in [0.1, 0.15) is 29.8 Å². The Morgan fingerprint density at radius 1 is 1.42 bits per heavy atom. The maximum absolute atomic E-state index is 13.7. The van der Waals surface area contributed by atoms with Gasteiger partial charge in [0.1, 0.15) is 5.82 Å². The van der Waals surface area contributed by atoms with Crippen molar-refractivity contribution in [3.8, 4) is 0 Å². The van der Waals surface area contributed by atoms with Gasteiger partial charge in [0, 0.05) is 4.88 Å². The first-order valence-electron chi connectivity index (χ1n) is 6.04. The molecule has 2 aromatic rings. The molecule has 1 atom stereocenters. The first-order valence-corrected chi connectivity index (χ1v) is 8.09. The molecule has 0 fully saturated rings. The monoisotopic (exact) mass is 361 g/mol. The van der Waals surface area contributed by atoms with Gasteiger partial charge in [0.2, 0.25) is 0 Å². The van der Waals surface area contributed by atoms with Gasteiger partial charge in [0.25, 0.3) is 0 Å². The minimum atomic E-state index is -0.256. The van der Waals surface area contributed by atoms with E-state index in [0.717, 1.165) is 28.4 Å². The SMILES string of the molecule is CCCNC(c1ccc(Br)c(F)c1)c1sccc1Cl. The summed E-state index contributed by atoms with van der Waals surface area (Å²) in [5.41, 5.74) is 0.888. The number of hydrogen-bond acceptors (Lipinski definition) is 2. The molecule has 0 saturated carbocycles. The van der Waals surface area contributed by atoms with Crippen LogP contribution < -0.4 is 5.32 Å². The van der Waals surface area contributed by atoms with E-state index in [1.807, 2.05) is 17.5 Å². The highest BCUT2D eigenvalue weighted by Crippen LogP contribution is 2.34. The average molecular weight is 363 g/mol. The third kappa shape index (κ3) is 3.57. The number of nitrogens with one attached hydrogen (secondary N) is 1. The largest absolute Gasteiger partial charge is 0.306 e. The van der Waals surface area contributed by atoms with E-state index in [1.54, 1.807) is 23.5 Å². The van der Waals surface area contributed by atoms with Crippen molar-refractivity contribution in [2.24, 2.45) is 0 Å². The fourth-order valence-corrected chi connectivity index (χ4v) is 3.37. The van der Waals surface area contributed by atoms with Crippen LogP contribution in [0.2, 0.25) is 5.02 Å². The summed E-state index contributed by atoms with van der Waals surface area (Å²) in [5.74, 6) is -0.256. The van der Waals surface area contributed by atoms with E-state index in [4.69, 9.17) is 11.6 Å². The first kappa shape index (κ1) is 15.0. The van der Waals surface area contributed by atoms with Crippen LogP contribution in [-0.4, -0.2) is 6.54 Å². The quantitative estimate of drug-likeness (QED) is 0.751. The molecule has 1 unspecified atom stereocenters. The Balaban J connectivity index is 2.37. The summed E-state index contributed by atoms with van der Waals surface area (Å²) in [5, 5.41) is 6.10. The predicted octanol–water partition coefficient (Wildman–Crippen LogP) is 5.39. The molecule has 0 spiro atoms. The molecule has 102 valence electrons. The van der Waals surface area contributed by atoms with Gasteiger partial charge in [-0.2, -0.15) is 0 Å². The van der Waals surface area contributed by atoms with E-state index in [9.17, 15) is 4.39 Å². The molecule has 0 saturated heterocycles. The summed E-state index contributed by atoms with van der Waals surface area (Å²) in [6.45, 7) is 2.96. The van der Waals surface area contributed by atoms with Crippen molar-refractivity contribution >= 4 is 38.9 Å². The molecule has 0 bridgehead atoms. The molecule has 19 heavy (non-hydrogen) atoms. The van der Waals surface area contributed by atoms with Gasteiger partial charge in [-0.25, -0.2) is 4.39 Å². The van der Waals surface area contributed by atoms with Crippen molar-refractivity contribution < 1.29 is 4.39 Å². The van der Waals surface area contributed by atoms with Gasteiger partial charge < -0.3 is 5.32 Å². The third-order valence-electron chi connectivity index (χ3n) is 2.78. The second-order valence-corrected chi connectivity index (χ2v) is 6.40. The molecule has 2 rings (SSSR count). The highest BCUT2D eigenvalue weighted by atomic mass is 79.9. The summed E-state index contributed by atoms with van der Waals surface area (Å²) >= 11 is 11.0. The maximum Gasteiger partial charge on any atom is 0.137 e. The molecular weight excluding hydrogens is 349 g/mol. The van der Waals surface area contributed by atoms with Gasteiger partial charge in [-0.05, 0) is 58.0 Å².